The lowest BCUT2D eigenvalue weighted by Gasteiger charge is -2.17. The van der Waals surface area contributed by atoms with Crippen molar-refractivity contribution in [2.24, 2.45) is 0 Å². The Labute approximate surface area is 152 Å². The Bertz CT molecular complexity index is 668. The zero-order valence-corrected chi connectivity index (χ0v) is 15.5. The van der Waals surface area contributed by atoms with E-state index in [9.17, 15) is 9.59 Å². The molecule has 0 saturated heterocycles. The van der Waals surface area contributed by atoms with E-state index in [4.69, 9.17) is 4.74 Å². The van der Waals surface area contributed by atoms with Crippen molar-refractivity contribution >= 4 is 23.2 Å². The van der Waals surface area contributed by atoms with Crippen molar-refractivity contribution in [2.75, 3.05) is 26.7 Å². The molecule has 0 radical (unpaired) electrons. The first-order valence-electron chi connectivity index (χ1n) is 8.30. The highest BCUT2D eigenvalue weighted by Gasteiger charge is 2.09. The molecule has 2 rings (SSSR count). The maximum atomic E-state index is 12.1. The molecule has 0 bridgehead atoms. The number of carbonyl (C=O) groups is 2. The number of hydrogen-bond donors (Lipinski definition) is 1. The Morgan fingerprint density at radius 1 is 1.20 bits per heavy atom. The fourth-order valence-corrected chi connectivity index (χ4v) is 2.82. The van der Waals surface area contributed by atoms with Crippen LogP contribution in [0.15, 0.2) is 41.1 Å². The number of hydrogen-bond acceptors (Lipinski definition) is 4. The van der Waals surface area contributed by atoms with E-state index >= 15 is 0 Å². The highest BCUT2D eigenvalue weighted by molar-refractivity contribution is 7.08. The summed E-state index contributed by atoms with van der Waals surface area (Å²) in [6, 6.07) is 9.62. The van der Waals surface area contributed by atoms with E-state index in [1.54, 1.807) is 18.0 Å². The van der Waals surface area contributed by atoms with Crippen molar-refractivity contribution in [2.45, 2.75) is 19.8 Å². The maximum absolute atomic E-state index is 12.1. The minimum atomic E-state index is -0.0893. The van der Waals surface area contributed by atoms with Gasteiger partial charge < -0.3 is 15.0 Å². The largest absolute Gasteiger partial charge is 0.492 e. The topological polar surface area (TPSA) is 58.6 Å². The van der Waals surface area contributed by atoms with Crippen LogP contribution in [0.25, 0.3) is 0 Å². The second-order valence-corrected chi connectivity index (χ2v) is 6.63. The zero-order valence-electron chi connectivity index (χ0n) is 14.7. The lowest BCUT2D eigenvalue weighted by Crippen LogP contribution is -2.31. The first-order valence-corrected chi connectivity index (χ1v) is 9.24. The molecule has 1 heterocycles. The number of nitrogens with one attached hydrogen (secondary N) is 1. The molecule has 1 N–H and O–H groups in total. The third-order valence-electron chi connectivity index (χ3n) is 3.78. The quantitative estimate of drug-likeness (QED) is 0.699. The summed E-state index contributed by atoms with van der Waals surface area (Å²) in [6.07, 6.45) is 1.03. The van der Waals surface area contributed by atoms with Crippen molar-refractivity contribution in [1.82, 2.24) is 10.2 Å². The number of carbonyl (C=O) groups excluding carboxylic acids is 2. The van der Waals surface area contributed by atoms with Gasteiger partial charge in [-0.1, -0.05) is 17.7 Å². The molecule has 6 heteroatoms. The van der Waals surface area contributed by atoms with Crippen molar-refractivity contribution in [3.05, 3.63) is 52.2 Å². The standard InChI is InChI=1S/C19H24N2O3S/c1-15-5-7-17(8-6-15)24-12-11-21(2)18(22)4-3-10-20-19(23)16-9-13-25-14-16/h5-9,13-14H,3-4,10-12H2,1-2H3,(H,20,23). The molecule has 0 unspecified atom stereocenters. The van der Waals surface area contributed by atoms with Crippen LogP contribution < -0.4 is 10.1 Å². The summed E-state index contributed by atoms with van der Waals surface area (Å²) in [4.78, 5) is 25.5. The number of benzene rings is 1. The second-order valence-electron chi connectivity index (χ2n) is 5.85. The molecule has 0 aliphatic rings. The van der Waals surface area contributed by atoms with E-state index in [2.05, 4.69) is 5.32 Å². The predicted molar refractivity (Wildman–Crippen MR) is 100 cm³/mol. The smallest absolute Gasteiger partial charge is 0.252 e. The number of thiophene rings is 1. The summed E-state index contributed by atoms with van der Waals surface area (Å²) in [7, 11) is 1.77. The van der Waals surface area contributed by atoms with E-state index in [1.165, 1.54) is 16.9 Å². The van der Waals surface area contributed by atoms with Crippen LogP contribution in [0, 0.1) is 6.92 Å². The third-order valence-corrected chi connectivity index (χ3v) is 4.46. The lowest BCUT2D eigenvalue weighted by atomic mass is 10.2. The summed E-state index contributed by atoms with van der Waals surface area (Å²) in [5.74, 6) is 0.772. The monoisotopic (exact) mass is 360 g/mol. The van der Waals surface area contributed by atoms with E-state index in [0.717, 1.165) is 5.75 Å². The van der Waals surface area contributed by atoms with Gasteiger partial charge in [0.15, 0.2) is 0 Å². The van der Waals surface area contributed by atoms with E-state index in [1.807, 2.05) is 41.9 Å². The van der Waals surface area contributed by atoms with Crippen LogP contribution in [0.3, 0.4) is 0 Å². The first-order chi connectivity index (χ1) is 12.1. The fourth-order valence-electron chi connectivity index (χ4n) is 2.19. The van der Waals surface area contributed by atoms with Crippen molar-refractivity contribution < 1.29 is 14.3 Å². The van der Waals surface area contributed by atoms with Gasteiger partial charge in [0.05, 0.1) is 6.54 Å². The molecule has 1 aromatic heterocycles. The van der Waals surface area contributed by atoms with Gasteiger partial charge in [-0.2, -0.15) is 11.3 Å². The summed E-state index contributed by atoms with van der Waals surface area (Å²) < 4.78 is 5.63. The van der Waals surface area contributed by atoms with Crippen molar-refractivity contribution in [3.8, 4) is 5.75 Å². The van der Waals surface area contributed by atoms with Crippen LogP contribution in [-0.2, 0) is 4.79 Å². The van der Waals surface area contributed by atoms with Crippen LogP contribution in [0.2, 0.25) is 0 Å². The molecular formula is C19H24N2O3S. The molecule has 5 nitrogen and oxygen atoms in total. The van der Waals surface area contributed by atoms with Gasteiger partial charge in [0.2, 0.25) is 5.91 Å². The van der Waals surface area contributed by atoms with Crippen molar-refractivity contribution in [3.63, 3.8) is 0 Å². The van der Waals surface area contributed by atoms with Gasteiger partial charge in [-0.3, -0.25) is 9.59 Å². The number of nitrogens with zero attached hydrogens (tertiary/aromatic N) is 1. The molecule has 0 fully saturated rings. The van der Waals surface area contributed by atoms with Gasteiger partial charge >= 0.3 is 0 Å². The minimum Gasteiger partial charge on any atom is -0.492 e. The Balaban J connectivity index is 1.58. The van der Waals surface area contributed by atoms with E-state index in [0.29, 0.717) is 38.1 Å². The van der Waals surface area contributed by atoms with Crippen LogP contribution in [-0.4, -0.2) is 43.5 Å². The molecule has 25 heavy (non-hydrogen) atoms. The number of ether oxygens (including phenoxy) is 1. The van der Waals surface area contributed by atoms with E-state index in [-0.39, 0.29) is 11.8 Å². The molecule has 0 aliphatic carbocycles. The van der Waals surface area contributed by atoms with Crippen LogP contribution in [0.1, 0.15) is 28.8 Å². The van der Waals surface area contributed by atoms with E-state index < -0.39 is 0 Å². The molecule has 1 aromatic carbocycles. The molecule has 0 atom stereocenters. The average molecular weight is 360 g/mol. The summed E-state index contributed by atoms with van der Waals surface area (Å²) >= 11 is 1.49. The number of amides is 2. The van der Waals surface area contributed by atoms with Crippen molar-refractivity contribution in [1.29, 1.82) is 0 Å². The average Bonchev–Trinajstić information content (AvgIpc) is 3.14. The van der Waals surface area contributed by atoms with Gasteiger partial charge in [-0.05, 0) is 36.9 Å². The molecule has 2 amide bonds. The highest BCUT2D eigenvalue weighted by atomic mass is 32.1. The molecule has 134 valence electrons. The number of rotatable bonds is 9. The predicted octanol–water partition coefficient (Wildman–Crippen LogP) is 3.10. The molecule has 2 aromatic rings. The minimum absolute atomic E-state index is 0.0530. The van der Waals surface area contributed by atoms with Gasteiger partial charge in [0.1, 0.15) is 12.4 Å². The van der Waals surface area contributed by atoms with Gasteiger partial charge in [0.25, 0.3) is 5.91 Å². The van der Waals surface area contributed by atoms with Crippen LogP contribution in [0.4, 0.5) is 0 Å². The second kappa shape index (κ2) is 9.84. The molecular weight excluding hydrogens is 336 g/mol. The van der Waals surface area contributed by atoms with Crippen LogP contribution in [0.5, 0.6) is 5.75 Å². The SMILES string of the molecule is Cc1ccc(OCCN(C)C(=O)CCCNC(=O)c2ccsc2)cc1. The first kappa shape index (κ1) is 19.0. The summed E-state index contributed by atoms with van der Waals surface area (Å²) in [6.45, 7) is 3.52. The fraction of sp³-hybridized carbons (Fsp3) is 0.368. The number of aryl methyl sites for hydroxylation is 1. The Kier molecular flexibility index (Phi) is 7.47. The molecule has 0 spiro atoms. The Hall–Kier alpha value is -2.34. The van der Waals surface area contributed by atoms with Gasteiger partial charge in [-0.15, -0.1) is 0 Å². The normalized spacial score (nSPS) is 10.3. The summed E-state index contributed by atoms with van der Waals surface area (Å²) in [5.41, 5.74) is 1.85. The molecule has 0 saturated carbocycles. The lowest BCUT2D eigenvalue weighted by molar-refractivity contribution is -0.130. The highest BCUT2D eigenvalue weighted by Crippen LogP contribution is 2.11. The van der Waals surface area contributed by atoms with Gasteiger partial charge in [0, 0.05) is 31.0 Å². The Morgan fingerprint density at radius 3 is 2.64 bits per heavy atom. The van der Waals surface area contributed by atoms with Gasteiger partial charge in [-0.25, -0.2) is 0 Å². The molecule has 0 aliphatic heterocycles. The summed E-state index contributed by atoms with van der Waals surface area (Å²) in [5, 5.41) is 6.50. The van der Waals surface area contributed by atoms with Crippen LogP contribution >= 0.6 is 11.3 Å². The number of likely N-dealkylation sites (N-methyl/N-ethyl adjacent to an activating group) is 1. The third kappa shape index (κ3) is 6.58. The maximum Gasteiger partial charge on any atom is 0.252 e. The Morgan fingerprint density at radius 2 is 1.96 bits per heavy atom. The zero-order chi connectivity index (χ0) is 18.1.